The second kappa shape index (κ2) is 14.2. The van der Waals surface area contributed by atoms with E-state index in [0.717, 1.165) is 33.3 Å². The summed E-state index contributed by atoms with van der Waals surface area (Å²) in [6, 6.07) is 31.2. The molecule has 0 amide bonds. The van der Waals surface area contributed by atoms with Gasteiger partial charge in [-0.3, -0.25) is 4.98 Å². The maximum absolute atomic E-state index is 11.8. The first-order valence-corrected chi connectivity index (χ1v) is 15.1. The Balaban J connectivity index is 1.36. The summed E-state index contributed by atoms with van der Waals surface area (Å²) in [4.78, 5) is 4.79. The average Bonchev–Trinajstić information content (AvgIpc) is 3.57. The highest BCUT2D eigenvalue weighted by Crippen LogP contribution is 2.44. The number of fused-ring (bicyclic) bond motifs is 1. The monoisotopic (exact) mass is 593 g/mol. The number of pyridine rings is 1. The Bertz CT molecular complexity index is 1610. The number of nitrogens with zero attached hydrogens (tertiary/aromatic N) is 3. The molecular formula is C36H39N3O5. The van der Waals surface area contributed by atoms with Crippen molar-refractivity contribution in [1.82, 2.24) is 14.6 Å². The molecule has 0 bridgehead atoms. The van der Waals surface area contributed by atoms with Crippen LogP contribution < -0.4 is 4.74 Å². The summed E-state index contributed by atoms with van der Waals surface area (Å²) >= 11 is 0. The van der Waals surface area contributed by atoms with E-state index in [1.807, 2.05) is 108 Å². The van der Waals surface area contributed by atoms with Gasteiger partial charge in [0.2, 0.25) is 0 Å². The fourth-order valence-electron chi connectivity index (χ4n) is 6.11. The predicted octanol–water partition coefficient (Wildman–Crippen LogP) is 6.91. The van der Waals surface area contributed by atoms with Crippen molar-refractivity contribution in [2.75, 3.05) is 7.11 Å². The Morgan fingerprint density at radius 1 is 0.750 bits per heavy atom. The third-order valence-electron chi connectivity index (χ3n) is 8.25. The molecule has 228 valence electrons. The summed E-state index contributed by atoms with van der Waals surface area (Å²) < 4.78 is 27.2. The Kier molecular flexibility index (Phi) is 9.65. The zero-order valence-corrected chi connectivity index (χ0v) is 25.2. The lowest BCUT2D eigenvalue weighted by molar-refractivity contribution is -0.153. The van der Waals surface area contributed by atoms with Crippen LogP contribution >= 0.6 is 0 Å². The summed E-state index contributed by atoms with van der Waals surface area (Å²) in [6.07, 6.45) is 3.54. The Hall–Kier alpha value is -4.05. The van der Waals surface area contributed by atoms with Gasteiger partial charge in [-0.05, 0) is 23.1 Å². The van der Waals surface area contributed by atoms with Crippen LogP contribution in [0.4, 0.5) is 0 Å². The molecule has 8 nitrogen and oxygen atoms in total. The topological polar surface area (TPSA) is 78.2 Å². The molecule has 0 spiro atoms. The van der Waals surface area contributed by atoms with Crippen LogP contribution in [0.5, 0.6) is 5.75 Å². The second-order valence-corrected chi connectivity index (χ2v) is 11.1. The van der Waals surface area contributed by atoms with Crippen LogP contribution in [0.3, 0.4) is 0 Å². The maximum Gasteiger partial charge on any atom is 0.146 e. The Morgan fingerprint density at radius 2 is 1.32 bits per heavy atom. The van der Waals surface area contributed by atoms with Crippen molar-refractivity contribution in [3.63, 3.8) is 0 Å². The molecule has 3 heterocycles. The molecule has 8 heteroatoms. The molecule has 1 saturated heterocycles. The number of aromatic nitrogens is 2. The molecule has 1 N–H and O–H groups in total. The quantitative estimate of drug-likeness (QED) is 0.159. The molecule has 6 rings (SSSR count). The van der Waals surface area contributed by atoms with Gasteiger partial charge in [-0.2, -0.15) is 5.06 Å². The number of hydrogen-bond donors (Lipinski definition) is 1. The van der Waals surface area contributed by atoms with E-state index in [1.54, 1.807) is 13.3 Å². The SMILES string of the molecule is CC[C@@H]1[C@H](OCc2ccccc2)C(OCc2ccccc2)[C@H](c2cn(COCc3ccccc3)c3c(OC)ccnc23)N1O. The van der Waals surface area contributed by atoms with E-state index in [2.05, 4.69) is 6.92 Å². The van der Waals surface area contributed by atoms with Gasteiger partial charge >= 0.3 is 0 Å². The lowest BCUT2D eigenvalue weighted by Gasteiger charge is -2.26. The molecule has 1 fully saturated rings. The van der Waals surface area contributed by atoms with Crippen molar-refractivity contribution in [3.8, 4) is 5.75 Å². The number of hydrogen-bond acceptors (Lipinski definition) is 7. The first-order chi connectivity index (χ1) is 21.7. The summed E-state index contributed by atoms with van der Waals surface area (Å²) in [5.74, 6) is 0.678. The molecule has 3 aromatic carbocycles. The van der Waals surface area contributed by atoms with Gasteiger partial charge in [0.15, 0.2) is 0 Å². The highest BCUT2D eigenvalue weighted by Gasteiger charge is 2.51. The van der Waals surface area contributed by atoms with Crippen molar-refractivity contribution in [3.05, 3.63) is 132 Å². The molecule has 1 aliphatic heterocycles. The minimum absolute atomic E-state index is 0.284. The third kappa shape index (κ3) is 6.40. The third-order valence-corrected chi connectivity index (χ3v) is 8.25. The van der Waals surface area contributed by atoms with Crippen molar-refractivity contribution in [2.45, 2.75) is 64.2 Å². The van der Waals surface area contributed by atoms with Gasteiger partial charge in [-0.1, -0.05) is 97.9 Å². The van der Waals surface area contributed by atoms with Crippen molar-refractivity contribution >= 4 is 11.0 Å². The maximum atomic E-state index is 11.8. The van der Waals surface area contributed by atoms with E-state index in [1.165, 1.54) is 5.06 Å². The number of benzene rings is 3. The lowest BCUT2D eigenvalue weighted by Crippen LogP contribution is -2.36. The predicted molar refractivity (Wildman–Crippen MR) is 168 cm³/mol. The fourth-order valence-corrected chi connectivity index (χ4v) is 6.11. The molecule has 5 aromatic rings. The zero-order chi connectivity index (χ0) is 30.3. The van der Waals surface area contributed by atoms with Crippen LogP contribution in [0.1, 0.15) is 41.6 Å². The first kappa shape index (κ1) is 30.0. The van der Waals surface area contributed by atoms with Crippen molar-refractivity contribution in [2.24, 2.45) is 0 Å². The normalized spacial score (nSPS) is 20.3. The van der Waals surface area contributed by atoms with Gasteiger partial charge in [0.05, 0.1) is 44.5 Å². The summed E-state index contributed by atoms with van der Waals surface area (Å²) in [6.45, 7) is 3.60. The van der Waals surface area contributed by atoms with E-state index >= 15 is 0 Å². The standard InChI is InChI=1S/C36H39N3O5/c1-3-30-35(43-23-27-15-9-5-10-16-27)36(44-24-28-17-11-6-12-18-28)33(39(30)40)29-21-38(25-42-22-26-13-7-4-8-14-26)34-31(41-2)19-20-37-32(29)34/h4-21,30,33,35-36,40H,3,22-25H2,1-2H3/t30-,33+,35+,36?/m1/s1. The number of hydroxylamine groups is 2. The van der Waals surface area contributed by atoms with Gasteiger partial charge in [0, 0.05) is 24.0 Å². The minimum atomic E-state index is -0.540. The van der Waals surface area contributed by atoms with Crippen molar-refractivity contribution in [1.29, 1.82) is 0 Å². The van der Waals surface area contributed by atoms with Crippen LogP contribution in [-0.4, -0.2) is 45.2 Å². The molecule has 44 heavy (non-hydrogen) atoms. The van der Waals surface area contributed by atoms with Gasteiger partial charge in [0.25, 0.3) is 0 Å². The summed E-state index contributed by atoms with van der Waals surface area (Å²) in [7, 11) is 1.65. The van der Waals surface area contributed by atoms with Gasteiger partial charge in [0.1, 0.15) is 30.2 Å². The smallest absolute Gasteiger partial charge is 0.146 e. The highest BCUT2D eigenvalue weighted by atomic mass is 16.6. The van der Waals surface area contributed by atoms with Gasteiger partial charge in [-0.25, -0.2) is 0 Å². The average molecular weight is 594 g/mol. The molecule has 1 aliphatic rings. The van der Waals surface area contributed by atoms with E-state index in [-0.39, 0.29) is 12.8 Å². The van der Waals surface area contributed by atoms with Crippen molar-refractivity contribution < 1.29 is 24.2 Å². The van der Waals surface area contributed by atoms with Crippen LogP contribution in [0, 0.1) is 0 Å². The van der Waals surface area contributed by atoms with Crippen LogP contribution in [-0.2, 0) is 40.8 Å². The summed E-state index contributed by atoms with van der Waals surface area (Å²) in [5.41, 5.74) is 5.56. The second-order valence-electron chi connectivity index (χ2n) is 11.1. The van der Waals surface area contributed by atoms with E-state index in [0.29, 0.717) is 32.0 Å². The molecule has 0 aliphatic carbocycles. The Labute approximate surface area is 258 Å². The van der Waals surface area contributed by atoms with E-state index in [4.69, 9.17) is 23.9 Å². The molecule has 2 aromatic heterocycles. The van der Waals surface area contributed by atoms with Gasteiger partial charge < -0.3 is 28.7 Å². The highest BCUT2D eigenvalue weighted by molar-refractivity contribution is 5.86. The van der Waals surface area contributed by atoms with E-state index < -0.39 is 18.2 Å². The zero-order valence-electron chi connectivity index (χ0n) is 25.2. The lowest BCUT2D eigenvalue weighted by atomic mass is 10.0. The fraction of sp³-hybridized carbons (Fsp3) is 0.306. The molecular weight excluding hydrogens is 554 g/mol. The largest absolute Gasteiger partial charge is 0.494 e. The number of methoxy groups -OCH3 is 1. The van der Waals surface area contributed by atoms with Crippen LogP contribution in [0.25, 0.3) is 11.0 Å². The minimum Gasteiger partial charge on any atom is -0.494 e. The van der Waals surface area contributed by atoms with E-state index in [9.17, 15) is 5.21 Å². The molecule has 0 saturated carbocycles. The number of rotatable bonds is 13. The van der Waals surface area contributed by atoms with Crippen LogP contribution in [0.2, 0.25) is 0 Å². The summed E-state index contributed by atoms with van der Waals surface area (Å²) in [5, 5.41) is 13.2. The molecule has 1 unspecified atom stereocenters. The molecule has 4 atom stereocenters. The molecule has 0 radical (unpaired) electrons. The Morgan fingerprint density at radius 3 is 1.89 bits per heavy atom. The number of ether oxygens (including phenoxy) is 4. The van der Waals surface area contributed by atoms with Gasteiger partial charge in [-0.15, -0.1) is 0 Å². The van der Waals surface area contributed by atoms with Crippen LogP contribution in [0.15, 0.2) is 109 Å². The first-order valence-electron chi connectivity index (χ1n) is 15.1.